The predicted molar refractivity (Wildman–Crippen MR) is 56.4 cm³/mol. The summed E-state index contributed by atoms with van der Waals surface area (Å²) in [7, 11) is 1.50. The van der Waals surface area contributed by atoms with Crippen LogP contribution in [-0.2, 0) is 4.84 Å². The maximum Gasteiger partial charge on any atom is 0.294 e. The number of nitrogens with two attached hydrogens (primary N) is 1. The van der Waals surface area contributed by atoms with Gasteiger partial charge < -0.3 is 10.6 Å². The van der Waals surface area contributed by atoms with Crippen LogP contribution in [0.2, 0.25) is 0 Å². The lowest BCUT2D eigenvalue weighted by atomic mass is 10.1. The number of rotatable bonds is 8. The van der Waals surface area contributed by atoms with Crippen LogP contribution in [0.15, 0.2) is 0 Å². The second kappa shape index (κ2) is 14.7. The summed E-state index contributed by atoms with van der Waals surface area (Å²) >= 11 is 0. The molecule has 0 rings (SSSR count). The molecule has 0 aromatic heterocycles. The van der Waals surface area contributed by atoms with Gasteiger partial charge in [0.15, 0.2) is 0 Å². The van der Waals surface area contributed by atoms with E-state index in [2.05, 4.69) is 17.5 Å². The predicted octanol–water partition coefficient (Wildman–Crippen LogP) is 2.13. The second-order valence-electron chi connectivity index (χ2n) is 2.82. The molecule has 0 aliphatic rings. The SMILES string of the molecule is CCCCCCCCO[N+](=O)[O-].CN. The molecule has 0 aromatic carbocycles. The first-order valence-corrected chi connectivity index (χ1v) is 5.12. The van der Waals surface area contributed by atoms with Crippen molar-refractivity contribution in [1.82, 2.24) is 0 Å². The van der Waals surface area contributed by atoms with Crippen molar-refractivity contribution in [2.24, 2.45) is 5.73 Å². The van der Waals surface area contributed by atoms with E-state index in [0.717, 1.165) is 19.3 Å². The molecule has 0 heterocycles. The average molecular weight is 206 g/mol. The van der Waals surface area contributed by atoms with Gasteiger partial charge in [0, 0.05) is 0 Å². The lowest BCUT2D eigenvalue weighted by Crippen LogP contribution is -2.01. The number of hydrogen-bond donors (Lipinski definition) is 1. The van der Waals surface area contributed by atoms with Crippen LogP contribution in [0.1, 0.15) is 45.4 Å². The van der Waals surface area contributed by atoms with Crippen LogP contribution in [0.25, 0.3) is 0 Å². The van der Waals surface area contributed by atoms with Crippen LogP contribution in [0.5, 0.6) is 0 Å². The fraction of sp³-hybridized carbons (Fsp3) is 1.00. The van der Waals surface area contributed by atoms with Crippen LogP contribution in [0, 0.1) is 10.1 Å². The molecule has 0 bridgehead atoms. The molecule has 0 unspecified atom stereocenters. The fourth-order valence-corrected chi connectivity index (χ4v) is 1.02. The van der Waals surface area contributed by atoms with Crippen LogP contribution < -0.4 is 5.73 Å². The fourth-order valence-electron chi connectivity index (χ4n) is 1.02. The Bertz CT molecular complexity index is 121. The van der Waals surface area contributed by atoms with Gasteiger partial charge in [-0.2, -0.15) is 0 Å². The molecular formula is C9H22N2O3. The molecule has 14 heavy (non-hydrogen) atoms. The van der Waals surface area contributed by atoms with Crippen molar-refractivity contribution in [2.75, 3.05) is 13.7 Å². The summed E-state index contributed by atoms with van der Waals surface area (Å²) in [5.41, 5.74) is 4.50. The average Bonchev–Trinajstić information content (AvgIpc) is 2.19. The minimum atomic E-state index is -0.730. The van der Waals surface area contributed by atoms with Gasteiger partial charge in [-0.1, -0.05) is 39.0 Å². The third-order valence-electron chi connectivity index (χ3n) is 1.69. The van der Waals surface area contributed by atoms with E-state index in [-0.39, 0.29) is 6.61 Å². The van der Waals surface area contributed by atoms with Crippen molar-refractivity contribution < 1.29 is 9.92 Å². The molecule has 0 spiro atoms. The minimum absolute atomic E-state index is 0.249. The van der Waals surface area contributed by atoms with E-state index >= 15 is 0 Å². The van der Waals surface area contributed by atoms with Gasteiger partial charge >= 0.3 is 0 Å². The summed E-state index contributed by atoms with van der Waals surface area (Å²) in [4.78, 5) is 13.9. The molecular weight excluding hydrogens is 184 g/mol. The van der Waals surface area contributed by atoms with Crippen molar-refractivity contribution in [2.45, 2.75) is 45.4 Å². The second-order valence-corrected chi connectivity index (χ2v) is 2.82. The monoisotopic (exact) mass is 206 g/mol. The van der Waals surface area contributed by atoms with E-state index < -0.39 is 5.09 Å². The highest BCUT2D eigenvalue weighted by Gasteiger charge is 1.93. The lowest BCUT2D eigenvalue weighted by molar-refractivity contribution is -0.757. The summed E-state index contributed by atoms with van der Waals surface area (Å²) in [6.07, 6.45) is 6.71. The highest BCUT2D eigenvalue weighted by Crippen LogP contribution is 2.04. The van der Waals surface area contributed by atoms with Gasteiger partial charge in [0.1, 0.15) is 0 Å². The summed E-state index contributed by atoms with van der Waals surface area (Å²) in [6.45, 7) is 2.41. The standard InChI is InChI=1S/C8H17NO3.CH5N/c1-2-3-4-5-6-7-8-12-9(10)11;1-2/h2-8H2,1H3;2H2,1H3. The third kappa shape index (κ3) is 17.3. The maximum absolute atomic E-state index is 9.72. The van der Waals surface area contributed by atoms with Crippen LogP contribution in [-0.4, -0.2) is 18.7 Å². The highest BCUT2D eigenvalue weighted by molar-refractivity contribution is 4.42. The van der Waals surface area contributed by atoms with Crippen LogP contribution in [0.3, 0.4) is 0 Å². The van der Waals surface area contributed by atoms with Crippen molar-refractivity contribution in [3.8, 4) is 0 Å². The van der Waals surface area contributed by atoms with Gasteiger partial charge in [0.05, 0.1) is 6.61 Å². The molecule has 5 heteroatoms. The molecule has 0 atom stereocenters. The molecule has 2 N–H and O–H groups in total. The van der Waals surface area contributed by atoms with Crippen LogP contribution >= 0.6 is 0 Å². The Hall–Kier alpha value is -0.840. The molecule has 0 radical (unpaired) electrons. The Balaban J connectivity index is 0. The van der Waals surface area contributed by atoms with E-state index in [0.29, 0.717) is 0 Å². The molecule has 86 valence electrons. The number of nitrogens with zero attached hydrogens (tertiary/aromatic N) is 1. The topological polar surface area (TPSA) is 78.4 Å². The summed E-state index contributed by atoms with van der Waals surface area (Å²) in [5, 5.41) is 8.99. The van der Waals surface area contributed by atoms with E-state index in [1.54, 1.807) is 0 Å². The summed E-state index contributed by atoms with van der Waals surface area (Å²) in [5.74, 6) is 0. The molecule has 0 aliphatic carbocycles. The largest absolute Gasteiger partial charge is 0.333 e. The zero-order chi connectivity index (χ0) is 11.2. The lowest BCUT2D eigenvalue weighted by Gasteiger charge is -1.99. The molecule has 5 nitrogen and oxygen atoms in total. The first-order chi connectivity index (χ1) is 6.77. The van der Waals surface area contributed by atoms with Crippen molar-refractivity contribution in [1.29, 1.82) is 0 Å². The van der Waals surface area contributed by atoms with Gasteiger partial charge in [-0.25, -0.2) is 0 Å². The van der Waals surface area contributed by atoms with E-state index in [4.69, 9.17) is 0 Å². The number of unbranched alkanes of at least 4 members (excludes halogenated alkanes) is 5. The summed E-state index contributed by atoms with van der Waals surface area (Å²) in [6, 6.07) is 0. The molecule has 0 amide bonds. The normalized spacial score (nSPS) is 8.79. The zero-order valence-electron chi connectivity index (χ0n) is 9.20. The molecule has 0 saturated carbocycles. The van der Waals surface area contributed by atoms with Gasteiger partial charge in [-0.3, -0.25) is 0 Å². The van der Waals surface area contributed by atoms with E-state index in [1.807, 2.05) is 0 Å². The Morgan fingerprint density at radius 2 is 1.64 bits per heavy atom. The highest BCUT2D eigenvalue weighted by atomic mass is 16.9. The van der Waals surface area contributed by atoms with E-state index in [1.165, 1.54) is 26.3 Å². The van der Waals surface area contributed by atoms with Crippen molar-refractivity contribution >= 4 is 0 Å². The van der Waals surface area contributed by atoms with Gasteiger partial charge in [-0.05, 0) is 13.5 Å². The quantitative estimate of drug-likeness (QED) is 0.375. The Labute approximate surface area is 85.7 Å². The van der Waals surface area contributed by atoms with E-state index in [9.17, 15) is 10.1 Å². The first kappa shape index (κ1) is 15.6. The van der Waals surface area contributed by atoms with Crippen molar-refractivity contribution in [3.05, 3.63) is 10.1 Å². The first-order valence-electron chi connectivity index (χ1n) is 5.12. The van der Waals surface area contributed by atoms with Gasteiger partial charge in [0.2, 0.25) is 0 Å². The third-order valence-corrected chi connectivity index (χ3v) is 1.69. The Kier molecular flexibility index (Phi) is 16.4. The molecule has 0 fully saturated rings. The molecule has 0 aliphatic heterocycles. The summed E-state index contributed by atoms with van der Waals surface area (Å²) < 4.78 is 0. The van der Waals surface area contributed by atoms with Crippen LogP contribution in [0.4, 0.5) is 0 Å². The van der Waals surface area contributed by atoms with Gasteiger partial charge in [0.25, 0.3) is 5.09 Å². The minimum Gasteiger partial charge on any atom is -0.333 e. The number of hydrogen-bond acceptors (Lipinski definition) is 4. The Morgan fingerprint density at radius 1 is 1.14 bits per heavy atom. The molecule has 0 saturated heterocycles. The maximum atomic E-state index is 9.72. The zero-order valence-corrected chi connectivity index (χ0v) is 9.20. The Morgan fingerprint density at radius 3 is 2.14 bits per heavy atom. The van der Waals surface area contributed by atoms with Gasteiger partial charge in [-0.15, -0.1) is 10.1 Å². The van der Waals surface area contributed by atoms with Crippen molar-refractivity contribution in [3.63, 3.8) is 0 Å². The molecule has 0 aromatic rings. The smallest absolute Gasteiger partial charge is 0.294 e.